The Balaban J connectivity index is 2.07. The number of hydrogen-bond donors (Lipinski definition) is 1. The second-order valence-electron chi connectivity index (χ2n) is 6.12. The van der Waals surface area contributed by atoms with Crippen LogP contribution in [-0.2, 0) is 9.59 Å². The van der Waals surface area contributed by atoms with E-state index in [1.807, 2.05) is 13.8 Å². The summed E-state index contributed by atoms with van der Waals surface area (Å²) in [4.78, 5) is 26.7. The first-order valence-corrected chi connectivity index (χ1v) is 10.3. The number of rotatable bonds is 6. The SMILES string of the molecule is CCOc1cc(OCC)c(/C=C2\C(=O)NC(=S)N(c3cccc(F)c3)C2=O)cc1Br. The van der Waals surface area contributed by atoms with E-state index in [0.717, 1.165) is 4.90 Å². The van der Waals surface area contributed by atoms with E-state index in [1.54, 1.807) is 12.1 Å². The van der Waals surface area contributed by atoms with Crippen molar-refractivity contribution in [3.63, 3.8) is 0 Å². The third kappa shape index (κ3) is 4.52. The number of amides is 2. The molecule has 0 saturated carbocycles. The van der Waals surface area contributed by atoms with Crippen molar-refractivity contribution in [1.29, 1.82) is 0 Å². The molecule has 0 atom stereocenters. The number of anilines is 1. The van der Waals surface area contributed by atoms with Crippen LogP contribution in [0.3, 0.4) is 0 Å². The lowest BCUT2D eigenvalue weighted by molar-refractivity contribution is -0.122. The summed E-state index contributed by atoms with van der Waals surface area (Å²) < 4.78 is 25.5. The Morgan fingerprint density at radius 1 is 1.13 bits per heavy atom. The molecule has 3 rings (SSSR count). The molecule has 1 N–H and O–H groups in total. The van der Waals surface area contributed by atoms with E-state index in [9.17, 15) is 14.0 Å². The minimum Gasteiger partial charge on any atom is -0.493 e. The smallest absolute Gasteiger partial charge is 0.270 e. The second kappa shape index (κ2) is 9.36. The van der Waals surface area contributed by atoms with Gasteiger partial charge in [0.1, 0.15) is 22.9 Å². The summed E-state index contributed by atoms with van der Waals surface area (Å²) in [6, 6.07) is 8.78. The predicted molar refractivity (Wildman–Crippen MR) is 119 cm³/mol. The number of carbonyl (C=O) groups is 2. The van der Waals surface area contributed by atoms with Crippen LogP contribution < -0.4 is 19.7 Å². The molecule has 2 aromatic rings. The van der Waals surface area contributed by atoms with E-state index in [2.05, 4.69) is 21.2 Å². The summed E-state index contributed by atoms with van der Waals surface area (Å²) in [5.41, 5.74) is 0.552. The van der Waals surface area contributed by atoms with Gasteiger partial charge in [0.05, 0.1) is 23.4 Å². The van der Waals surface area contributed by atoms with Crippen LogP contribution in [0.2, 0.25) is 0 Å². The van der Waals surface area contributed by atoms with Crippen molar-refractivity contribution in [3.8, 4) is 11.5 Å². The van der Waals surface area contributed by atoms with E-state index in [1.165, 1.54) is 30.3 Å². The molecule has 0 aliphatic carbocycles. The molecule has 0 bridgehead atoms. The van der Waals surface area contributed by atoms with Crippen molar-refractivity contribution in [2.24, 2.45) is 0 Å². The molecule has 1 heterocycles. The van der Waals surface area contributed by atoms with Crippen LogP contribution in [0.5, 0.6) is 11.5 Å². The van der Waals surface area contributed by atoms with Crippen LogP contribution in [0.1, 0.15) is 19.4 Å². The maximum atomic E-state index is 13.7. The van der Waals surface area contributed by atoms with Gasteiger partial charge in [-0.05, 0) is 72.3 Å². The number of hydrogen-bond acceptors (Lipinski definition) is 5. The zero-order valence-electron chi connectivity index (χ0n) is 16.2. The molecular formula is C21H18BrFN2O4S. The Morgan fingerprint density at radius 2 is 1.83 bits per heavy atom. The average Bonchev–Trinajstić information content (AvgIpc) is 2.68. The molecule has 0 unspecified atom stereocenters. The predicted octanol–water partition coefficient (Wildman–Crippen LogP) is 4.22. The molecule has 9 heteroatoms. The number of halogens is 2. The number of nitrogens with zero attached hydrogens (tertiary/aromatic N) is 1. The fourth-order valence-corrected chi connectivity index (χ4v) is 3.63. The molecule has 0 radical (unpaired) electrons. The Bertz CT molecular complexity index is 1060. The normalized spacial score (nSPS) is 15.4. The number of benzene rings is 2. The van der Waals surface area contributed by atoms with Crippen molar-refractivity contribution < 1.29 is 23.5 Å². The monoisotopic (exact) mass is 492 g/mol. The molecule has 1 aliphatic heterocycles. The highest BCUT2D eigenvalue weighted by molar-refractivity contribution is 9.10. The first kappa shape index (κ1) is 21.9. The van der Waals surface area contributed by atoms with Crippen LogP contribution in [0, 0.1) is 5.82 Å². The van der Waals surface area contributed by atoms with Gasteiger partial charge >= 0.3 is 0 Å². The molecule has 2 amide bonds. The van der Waals surface area contributed by atoms with Crippen LogP contribution in [0.4, 0.5) is 10.1 Å². The summed E-state index contributed by atoms with van der Waals surface area (Å²) in [6.07, 6.45) is 1.41. The number of nitrogens with one attached hydrogen (secondary N) is 1. The van der Waals surface area contributed by atoms with Crippen molar-refractivity contribution in [2.75, 3.05) is 18.1 Å². The lowest BCUT2D eigenvalue weighted by Crippen LogP contribution is -2.54. The fourth-order valence-electron chi connectivity index (χ4n) is 2.87. The van der Waals surface area contributed by atoms with E-state index in [0.29, 0.717) is 34.7 Å². The van der Waals surface area contributed by atoms with Crippen molar-refractivity contribution in [1.82, 2.24) is 5.32 Å². The highest BCUT2D eigenvalue weighted by atomic mass is 79.9. The summed E-state index contributed by atoms with van der Waals surface area (Å²) >= 11 is 8.56. The molecule has 0 aromatic heterocycles. The van der Waals surface area contributed by atoms with E-state index in [4.69, 9.17) is 21.7 Å². The minimum atomic E-state index is -0.665. The van der Waals surface area contributed by atoms with Gasteiger partial charge < -0.3 is 9.47 Å². The van der Waals surface area contributed by atoms with Gasteiger partial charge in [-0.1, -0.05) is 6.07 Å². The molecule has 2 aromatic carbocycles. The number of ether oxygens (including phenoxy) is 2. The lowest BCUT2D eigenvalue weighted by atomic mass is 10.1. The molecular weight excluding hydrogens is 475 g/mol. The summed E-state index contributed by atoms with van der Waals surface area (Å²) in [5.74, 6) is -0.820. The Morgan fingerprint density at radius 3 is 2.50 bits per heavy atom. The highest BCUT2D eigenvalue weighted by Gasteiger charge is 2.35. The van der Waals surface area contributed by atoms with Crippen LogP contribution in [-0.4, -0.2) is 30.1 Å². The minimum absolute atomic E-state index is 0.120. The number of carbonyl (C=O) groups excluding carboxylic acids is 2. The molecule has 1 saturated heterocycles. The first-order valence-electron chi connectivity index (χ1n) is 9.11. The molecule has 30 heavy (non-hydrogen) atoms. The molecule has 156 valence electrons. The second-order valence-corrected chi connectivity index (χ2v) is 7.37. The van der Waals surface area contributed by atoms with Gasteiger partial charge in [0.25, 0.3) is 11.8 Å². The quantitative estimate of drug-likeness (QED) is 0.371. The topological polar surface area (TPSA) is 67.9 Å². The van der Waals surface area contributed by atoms with Crippen LogP contribution in [0.25, 0.3) is 6.08 Å². The van der Waals surface area contributed by atoms with Crippen molar-refractivity contribution in [2.45, 2.75) is 13.8 Å². The van der Waals surface area contributed by atoms with Gasteiger partial charge in [-0.15, -0.1) is 0 Å². The van der Waals surface area contributed by atoms with E-state index < -0.39 is 17.6 Å². The zero-order valence-corrected chi connectivity index (χ0v) is 18.6. The summed E-state index contributed by atoms with van der Waals surface area (Å²) in [7, 11) is 0. The Kier molecular flexibility index (Phi) is 6.84. The van der Waals surface area contributed by atoms with Crippen LogP contribution >= 0.6 is 28.1 Å². The molecule has 0 spiro atoms. The molecule has 1 fully saturated rings. The van der Waals surface area contributed by atoms with Crippen LogP contribution in [0.15, 0.2) is 46.4 Å². The average molecular weight is 493 g/mol. The van der Waals surface area contributed by atoms with Crippen molar-refractivity contribution in [3.05, 3.63) is 57.8 Å². The van der Waals surface area contributed by atoms with Gasteiger partial charge in [0, 0.05) is 11.6 Å². The van der Waals surface area contributed by atoms with Gasteiger partial charge in [-0.25, -0.2) is 4.39 Å². The Labute approximate surface area is 186 Å². The lowest BCUT2D eigenvalue weighted by Gasteiger charge is -2.29. The molecule has 1 aliphatic rings. The first-order chi connectivity index (χ1) is 14.3. The largest absolute Gasteiger partial charge is 0.493 e. The number of thiocarbonyl (C=S) groups is 1. The maximum absolute atomic E-state index is 13.7. The summed E-state index contributed by atoms with van der Waals surface area (Å²) in [6.45, 7) is 4.52. The third-order valence-corrected chi connectivity index (χ3v) is 5.04. The Hall–Kier alpha value is -2.78. The van der Waals surface area contributed by atoms with Gasteiger partial charge in [0.15, 0.2) is 5.11 Å². The highest BCUT2D eigenvalue weighted by Crippen LogP contribution is 2.35. The molecule has 6 nitrogen and oxygen atoms in total. The third-order valence-electron chi connectivity index (χ3n) is 4.13. The van der Waals surface area contributed by atoms with Crippen molar-refractivity contribution >= 4 is 56.8 Å². The fraction of sp³-hybridized carbons (Fsp3) is 0.190. The zero-order chi connectivity index (χ0) is 21.8. The van der Waals surface area contributed by atoms with E-state index >= 15 is 0 Å². The standard InChI is InChI=1S/C21H18BrFN2O4S/c1-3-28-17-11-18(29-4-2)16(22)9-12(17)8-15-19(26)24-21(30)25(20(15)27)14-7-5-6-13(23)10-14/h5-11H,3-4H2,1-2H3,(H,24,26,30)/b15-8+. The summed E-state index contributed by atoms with van der Waals surface area (Å²) in [5, 5.41) is 2.36. The van der Waals surface area contributed by atoms with Gasteiger partial charge in [0.2, 0.25) is 0 Å². The van der Waals surface area contributed by atoms with Gasteiger partial charge in [-0.2, -0.15) is 0 Å². The maximum Gasteiger partial charge on any atom is 0.270 e. The van der Waals surface area contributed by atoms with E-state index in [-0.39, 0.29) is 16.4 Å². The van der Waals surface area contributed by atoms with Gasteiger partial charge in [-0.3, -0.25) is 19.8 Å².